The Morgan fingerprint density at radius 2 is 1.64 bits per heavy atom. The molecule has 2 aromatic carbocycles. The highest BCUT2D eigenvalue weighted by Gasteiger charge is 2.31. The van der Waals surface area contributed by atoms with Gasteiger partial charge in [0.05, 0.1) is 7.11 Å². The van der Waals surface area contributed by atoms with Crippen LogP contribution in [0.3, 0.4) is 0 Å². The highest BCUT2D eigenvalue weighted by molar-refractivity contribution is 7.89. The minimum atomic E-state index is -3.64. The molecule has 0 aliphatic carbocycles. The van der Waals surface area contributed by atoms with Crippen molar-refractivity contribution in [1.82, 2.24) is 4.31 Å². The lowest BCUT2D eigenvalue weighted by Gasteiger charge is -2.35. The quantitative estimate of drug-likeness (QED) is 0.817. The van der Waals surface area contributed by atoms with E-state index in [9.17, 15) is 8.42 Å². The first-order valence-corrected chi connectivity index (χ1v) is 9.89. The Kier molecular flexibility index (Phi) is 5.22. The van der Waals surface area contributed by atoms with Crippen molar-refractivity contribution in [2.75, 3.05) is 38.2 Å². The molecule has 0 bridgehead atoms. The molecule has 1 heterocycles. The molecule has 0 radical (unpaired) electrons. The van der Waals surface area contributed by atoms with E-state index in [1.807, 2.05) is 6.92 Å². The topological polar surface area (TPSA) is 49.9 Å². The minimum Gasteiger partial charge on any atom is -0.495 e. The maximum Gasteiger partial charge on any atom is 0.246 e. The van der Waals surface area contributed by atoms with Gasteiger partial charge in [-0.25, -0.2) is 8.42 Å². The lowest BCUT2D eigenvalue weighted by atomic mass is 10.2. The third-order valence-corrected chi connectivity index (χ3v) is 6.54. The molecule has 134 valence electrons. The van der Waals surface area contributed by atoms with Crippen LogP contribution in [0, 0.1) is 6.92 Å². The molecule has 1 aliphatic heterocycles. The normalized spacial score (nSPS) is 16.0. The fourth-order valence-corrected chi connectivity index (χ4v) is 4.77. The number of sulfonamides is 1. The predicted octanol–water partition coefficient (Wildman–Crippen LogP) is 3.17. The molecular formula is C18H21ClN2O3S. The van der Waals surface area contributed by atoms with Crippen LogP contribution in [0.15, 0.2) is 47.4 Å². The zero-order chi connectivity index (χ0) is 18.0. The van der Waals surface area contributed by atoms with Gasteiger partial charge in [0, 0.05) is 36.9 Å². The monoisotopic (exact) mass is 380 g/mol. The van der Waals surface area contributed by atoms with Crippen molar-refractivity contribution in [2.45, 2.75) is 11.8 Å². The number of anilines is 1. The fourth-order valence-electron chi connectivity index (χ4n) is 2.93. The molecule has 0 aromatic heterocycles. The summed E-state index contributed by atoms with van der Waals surface area (Å²) in [5.74, 6) is 0.311. The highest BCUT2D eigenvalue weighted by Crippen LogP contribution is 2.30. The van der Waals surface area contributed by atoms with Gasteiger partial charge in [-0.3, -0.25) is 0 Å². The Labute approximate surface area is 153 Å². The molecule has 1 aliphatic rings. The number of nitrogens with zero attached hydrogens (tertiary/aromatic N) is 2. The lowest BCUT2D eigenvalue weighted by molar-refractivity contribution is 0.374. The molecule has 3 rings (SSSR count). The van der Waals surface area contributed by atoms with E-state index >= 15 is 0 Å². The molecule has 2 aromatic rings. The third kappa shape index (κ3) is 3.76. The summed E-state index contributed by atoms with van der Waals surface area (Å²) < 4.78 is 32.6. The van der Waals surface area contributed by atoms with Crippen LogP contribution in [0.5, 0.6) is 5.75 Å². The number of methoxy groups -OCH3 is 1. The number of halogens is 1. The second kappa shape index (κ2) is 7.23. The first-order valence-electron chi connectivity index (χ1n) is 8.07. The van der Waals surface area contributed by atoms with Gasteiger partial charge in [-0.05, 0) is 37.3 Å². The molecular weight excluding hydrogens is 360 g/mol. The second-order valence-corrected chi connectivity index (χ2v) is 8.36. The SMILES string of the molecule is COc1ccc(Cl)cc1S(=O)(=O)N1CCN(c2ccc(C)cc2)CC1. The third-order valence-electron chi connectivity index (χ3n) is 4.38. The van der Waals surface area contributed by atoms with Gasteiger partial charge in [0.1, 0.15) is 10.6 Å². The maximum absolute atomic E-state index is 13.0. The Balaban J connectivity index is 1.78. The average Bonchev–Trinajstić information content (AvgIpc) is 2.62. The van der Waals surface area contributed by atoms with E-state index in [1.54, 1.807) is 12.1 Å². The van der Waals surface area contributed by atoms with Crippen molar-refractivity contribution < 1.29 is 13.2 Å². The molecule has 0 atom stereocenters. The van der Waals surface area contributed by atoms with E-state index in [-0.39, 0.29) is 4.90 Å². The van der Waals surface area contributed by atoms with E-state index in [1.165, 1.54) is 23.0 Å². The molecule has 5 nitrogen and oxygen atoms in total. The van der Waals surface area contributed by atoms with Gasteiger partial charge >= 0.3 is 0 Å². The van der Waals surface area contributed by atoms with Crippen LogP contribution in [0.1, 0.15) is 5.56 Å². The van der Waals surface area contributed by atoms with Crippen LogP contribution in [0.4, 0.5) is 5.69 Å². The van der Waals surface area contributed by atoms with Gasteiger partial charge in [-0.15, -0.1) is 0 Å². The van der Waals surface area contributed by atoms with Gasteiger partial charge in [-0.1, -0.05) is 29.3 Å². The number of hydrogen-bond acceptors (Lipinski definition) is 4. The molecule has 0 N–H and O–H groups in total. The summed E-state index contributed by atoms with van der Waals surface area (Å²) in [7, 11) is -2.19. The molecule has 0 unspecified atom stereocenters. The largest absolute Gasteiger partial charge is 0.495 e. The Morgan fingerprint density at radius 3 is 2.24 bits per heavy atom. The van der Waals surface area contributed by atoms with E-state index in [2.05, 4.69) is 29.2 Å². The Bertz CT molecular complexity index is 845. The number of rotatable bonds is 4. The summed E-state index contributed by atoms with van der Waals surface area (Å²) in [6, 6.07) is 12.9. The van der Waals surface area contributed by atoms with Crippen LogP contribution in [0.2, 0.25) is 5.02 Å². The lowest BCUT2D eigenvalue weighted by Crippen LogP contribution is -2.48. The summed E-state index contributed by atoms with van der Waals surface area (Å²) in [6.07, 6.45) is 0. The van der Waals surface area contributed by atoms with Crippen molar-refractivity contribution in [3.63, 3.8) is 0 Å². The Morgan fingerprint density at radius 1 is 1.00 bits per heavy atom. The molecule has 1 fully saturated rings. The van der Waals surface area contributed by atoms with Gasteiger partial charge in [-0.2, -0.15) is 4.31 Å². The van der Waals surface area contributed by atoms with Gasteiger partial charge in [0.25, 0.3) is 0 Å². The predicted molar refractivity (Wildman–Crippen MR) is 100 cm³/mol. The van der Waals surface area contributed by atoms with Gasteiger partial charge in [0.2, 0.25) is 10.0 Å². The van der Waals surface area contributed by atoms with Crippen LogP contribution in [-0.4, -0.2) is 46.0 Å². The zero-order valence-corrected chi connectivity index (χ0v) is 15.8. The molecule has 25 heavy (non-hydrogen) atoms. The fraction of sp³-hybridized carbons (Fsp3) is 0.333. The number of benzene rings is 2. The van der Waals surface area contributed by atoms with Crippen molar-refractivity contribution >= 4 is 27.3 Å². The minimum absolute atomic E-state index is 0.117. The van der Waals surface area contributed by atoms with E-state index < -0.39 is 10.0 Å². The zero-order valence-electron chi connectivity index (χ0n) is 14.3. The van der Waals surface area contributed by atoms with Crippen LogP contribution >= 0.6 is 11.6 Å². The number of piperazine rings is 1. The summed E-state index contributed by atoms with van der Waals surface area (Å²) in [5.41, 5.74) is 2.32. The Hall–Kier alpha value is -1.76. The summed E-state index contributed by atoms with van der Waals surface area (Å²) in [4.78, 5) is 2.31. The van der Waals surface area contributed by atoms with Crippen LogP contribution < -0.4 is 9.64 Å². The highest BCUT2D eigenvalue weighted by atomic mass is 35.5. The number of hydrogen-bond donors (Lipinski definition) is 0. The smallest absolute Gasteiger partial charge is 0.246 e. The number of aryl methyl sites for hydroxylation is 1. The second-order valence-electron chi connectivity index (χ2n) is 6.02. The first-order chi connectivity index (χ1) is 11.9. The molecule has 0 saturated carbocycles. The van der Waals surface area contributed by atoms with E-state index in [0.29, 0.717) is 37.0 Å². The molecule has 0 amide bonds. The van der Waals surface area contributed by atoms with E-state index in [0.717, 1.165) is 5.69 Å². The van der Waals surface area contributed by atoms with Crippen molar-refractivity contribution in [3.05, 3.63) is 53.1 Å². The average molecular weight is 381 g/mol. The number of ether oxygens (including phenoxy) is 1. The van der Waals surface area contributed by atoms with Crippen molar-refractivity contribution in [2.24, 2.45) is 0 Å². The van der Waals surface area contributed by atoms with E-state index in [4.69, 9.17) is 16.3 Å². The summed E-state index contributed by atoms with van der Waals surface area (Å²) >= 11 is 5.99. The molecule has 7 heteroatoms. The van der Waals surface area contributed by atoms with Gasteiger partial charge in [0.15, 0.2) is 0 Å². The van der Waals surface area contributed by atoms with Crippen LogP contribution in [-0.2, 0) is 10.0 Å². The first kappa shape index (κ1) is 18.0. The van der Waals surface area contributed by atoms with Crippen LogP contribution in [0.25, 0.3) is 0 Å². The summed E-state index contributed by atoms with van der Waals surface area (Å²) in [6.45, 7) is 4.18. The summed E-state index contributed by atoms with van der Waals surface area (Å²) in [5, 5.41) is 0.373. The maximum atomic E-state index is 13.0. The van der Waals surface area contributed by atoms with Crippen molar-refractivity contribution in [3.8, 4) is 5.75 Å². The van der Waals surface area contributed by atoms with Crippen molar-refractivity contribution in [1.29, 1.82) is 0 Å². The standard InChI is InChI=1S/C18H21ClN2O3S/c1-14-3-6-16(7-4-14)20-9-11-21(12-10-20)25(22,23)18-13-15(19)5-8-17(18)24-2/h3-8,13H,9-12H2,1-2H3. The molecule has 1 saturated heterocycles. The van der Waals surface area contributed by atoms with Gasteiger partial charge < -0.3 is 9.64 Å². The molecule has 0 spiro atoms.